The Hall–Kier alpha value is -1.18. The summed E-state index contributed by atoms with van der Waals surface area (Å²) >= 11 is 0. The van der Waals surface area contributed by atoms with Crippen LogP contribution in [0.5, 0.6) is 5.88 Å². The standard InChI is InChI=1S/C13H21N3O3S/c1-19-13-11(5-4-7-15-13)9-16-8-3-2-6-12(16)10-20(14,17)18/h4-5,7,12H,2-3,6,8-10H2,1H3,(H2,14,17,18). The minimum Gasteiger partial charge on any atom is -0.481 e. The van der Waals surface area contributed by atoms with Gasteiger partial charge in [-0.25, -0.2) is 18.5 Å². The summed E-state index contributed by atoms with van der Waals surface area (Å²) in [5, 5.41) is 5.19. The van der Waals surface area contributed by atoms with Crippen LogP contribution in [-0.2, 0) is 16.6 Å². The molecule has 20 heavy (non-hydrogen) atoms. The molecule has 1 aliphatic rings. The zero-order valence-electron chi connectivity index (χ0n) is 11.7. The molecule has 0 amide bonds. The molecule has 0 aliphatic carbocycles. The monoisotopic (exact) mass is 299 g/mol. The average Bonchev–Trinajstić information content (AvgIpc) is 2.40. The first kappa shape index (κ1) is 15.2. The van der Waals surface area contributed by atoms with Gasteiger partial charge < -0.3 is 4.74 Å². The largest absolute Gasteiger partial charge is 0.481 e. The quantitative estimate of drug-likeness (QED) is 0.866. The number of pyridine rings is 1. The molecule has 2 rings (SSSR count). The van der Waals surface area contributed by atoms with Crippen molar-refractivity contribution in [3.63, 3.8) is 0 Å². The van der Waals surface area contributed by atoms with Crippen LogP contribution in [0.1, 0.15) is 24.8 Å². The van der Waals surface area contributed by atoms with Crippen molar-refractivity contribution in [2.24, 2.45) is 5.14 Å². The van der Waals surface area contributed by atoms with Gasteiger partial charge in [-0.3, -0.25) is 4.90 Å². The molecule has 1 atom stereocenters. The van der Waals surface area contributed by atoms with Crippen LogP contribution in [-0.4, -0.2) is 43.8 Å². The molecular formula is C13H21N3O3S. The summed E-state index contributed by atoms with van der Waals surface area (Å²) < 4.78 is 27.9. The SMILES string of the molecule is COc1ncccc1CN1CCCCC1CS(N)(=O)=O. The fraction of sp³-hybridized carbons (Fsp3) is 0.615. The number of likely N-dealkylation sites (tertiary alicyclic amines) is 1. The van der Waals surface area contributed by atoms with E-state index in [1.807, 2.05) is 12.1 Å². The number of ether oxygens (including phenoxy) is 1. The maximum Gasteiger partial charge on any atom is 0.217 e. The fourth-order valence-corrected chi connectivity index (χ4v) is 3.59. The van der Waals surface area contributed by atoms with Gasteiger partial charge in [0.25, 0.3) is 0 Å². The molecule has 2 heterocycles. The number of hydrogen-bond donors (Lipinski definition) is 1. The third-order valence-electron chi connectivity index (χ3n) is 3.59. The molecule has 7 heteroatoms. The van der Waals surface area contributed by atoms with Crippen molar-refractivity contribution in [2.75, 3.05) is 19.4 Å². The van der Waals surface area contributed by atoms with Crippen molar-refractivity contribution in [1.82, 2.24) is 9.88 Å². The molecular weight excluding hydrogens is 278 g/mol. The molecule has 0 radical (unpaired) electrons. The molecule has 1 aromatic rings. The molecule has 112 valence electrons. The van der Waals surface area contributed by atoms with Gasteiger partial charge in [-0.1, -0.05) is 12.5 Å². The Kier molecular flexibility index (Phi) is 4.95. The van der Waals surface area contributed by atoms with Crippen LogP contribution in [0, 0.1) is 0 Å². The minimum absolute atomic E-state index is 0.00950. The summed E-state index contributed by atoms with van der Waals surface area (Å²) in [5.41, 5.74) is 0.969. The van der Waals surface area contributed by atoms with Gasteiger partial charge in [0.05, 0.1) is 12.9 Å². The molecule has 1 aromatic heterocycles. The lowest BCUT2D eigenvalue weighted by Gasteiger charge is -2.35. The van der Waals surface area contributed by atoms with Gasteiger partial charge in [0, 0.05) is 24.3 Å². The third kappa shape index (κ3) is 4.16. The second-order valence-corrected chi connectivity index (χ2v) is 6.78. The van der Waals surface area contributed by atoms with E-state index in [2.05, 4.69) is 9.88 Å². The van der Waals surface area contributed by atoms with Gasteiger partial charge in [0.1, 0.15) is 0 Å². The fourth-order valence-electron chi connectivity index (χ4n) is 2.67. The minimum atomic E-state index is -3.45. The maximum absolute atomic E-state index is 11.3. The van der Waals surface area contributed by atoms with Crippen LogP contribution in [0.4, 0.5) is 0 Å². The van der Waals surface area contributed by atoms with Crippen molar-refractivity contribution >= 4 is 10.0 Å². The molecule has 0 saturated carbocycles. The number of methoxy groups -OCH3 is 1. The molecule has 6 nitrogen and oxygen atoms in total. The smallest absolute Gasteiger partial charge is 0.217 e. The van der Waals surface area contributed by atoms with Crippen molar-refractivity contribution in [2.45, 2.75) is 31.8 Å². The van der Waals surface area contributed by atoms with E-state index in [-0.39, 0.29) is 11.8 Å². The highest BCUT2D eigenvalue weighted by atomic mass is 32.2. The normalized spacial score (nSPS) is 20.8. The van der Waals surface area contributed by atoms with E-state index in [4.69, 9.17) is 9.88 Å². The first-order valence-corrected chi connectivity index (χ1v) is 8.43. The van der Waals surface area contributed by atoms with Crippen LogP contribution in [0.3, 0.4) is 0 Å². The lowest BCUT2D eigenvalue weighted by Crippen LogP contribution is -2.44. The Morgan fingerprint density at radius 1 is 1.50 bits per heavy atom. The van der Waals surface area contributed by atoms with E-state index in [0.29, 0.717) is 12.4 Å². The van der Waals surface area contributed by atoms with Gasteiger partial charge in [-0.15, -0.1) is 0 Å². The number of primary sulfonamides is 1. The van der Waals surface area contributed by atoms with E-state index in [1.165, 1.54) is 0 Å². The Bertz CT molecular complexity index is 548. The van der Waals surface area contributed by atoms with Crippen LogP contribution in [0.25, 0.3) is 0 Å². The molecule has 0 aromatic carbocycles. The first-order chi connectivity index (χ1) is 9.49. The summed E-state index contributed by atoms with van der Waals surface area (Å²) in [4.78, 5) is 6.33. The Morgan fingerprint density at radius 3 is 3.00 bits per heavy atom. The lowest BCUT2D eigenvalue weighted by atomic mass is 10.0. The van der Waals surface area contributed by atoms with Crippen LogP contribution >= 0.6 is 0 Å². The number of rotatable bonds is 5. The number of sulfonamides is 1. The highest BCUT2D eigenvalue weighted by Crippen LogP contribution is 2.23. The summed E-state index contributed by atoms with van der Waals surface area (Å²) in [6.45, 7) is 1.51. The highest BCUT2D eigenvalue weighted by Gasteiger charge is 2.26. The molecule has 0 bridgehead atoms. The van der Waals surface area contributed by atoms with Gasteiger partial charge in [0.15, 0.2) is 0 Å². The van der Waals surface area contributed by atoms with E-state index in [9.17, 15) is 8.42 Å². The molecule has 2 N–H and O–H groups in total. The zero-order chi connectivity index (χ0) is 14.6. The highest BCUT2D eigenvalue weighted by molar-refractivity contribution is 7.89. The van der Waals surface area contributed by atoms with Crippen LogP contribution < -0.4 is 9.88 Å². The summed E-state index contributed by atoms with van der Waals surface area (Å²) in [7, 11) is -1.87. The summed E-state index contributed by atoms with van der Waals surface area (Å²) in [5.74, 6) is 0.600. The van der Waals surface area contributed by atoms with Gasteiger partial charge in [-0.05, 0) is 25.5 Å². The predicted octanol–water partition coefficient (Wildman–Crippen LogP) is 0.733. The number of nitrogens with two attached hydrogens (primary N) is 1. The Labute approximate surface area is 120 Å². The summed E-state index contributed by atoms with van der Waals surface area (Å²) in [6.07, 6.45) is 4.66. The lowest BCUT2D eigenvalue weighted by molar-refractivity contribution is 0.152. The Balaban J connectivity index is 2.12. The molecule has 0 spiro atoms. The van der Waals surface area contributed by atoms with Gasteiger partial charge in [-0.2, -0.15) is 0 Å². The Morgan fingerprint density at radius 2 is 2.30 bits per heavy atom. The van der Waals surface area contributed by atoms with Gasteiger partial charge in [0.2, 0.25) is 15.9 Å². The maximum atomic E-state index is 11.3. The topological polar surface area (TPSA) is 85.5 Å². The van der Waals surface area contributed by atoms with Crippen molar-refractivity contribution in [1.29, 1.82) is 0 Å². The number of hydrogen-bond acceptors (Lipinski definition) is 5. The molecule has 1 aliphatic heterocycles. The molecule has 1 saturated heterocycles. The molecule has 1 unspecified atom stereocenters. The van der Waals surface area contributed by atoms with E-state index < -0.39 is 10.0 Å². The van der Waals surface area contributed by atoms with E-state index >= 15 is 0 Å². The van der Waals surface area contributed by atoms with Gasteiger partial charge >= 0.3 is 0 Å². The number of aromatic nitrogens is 1. The number of nitrogens with zero attached hydrogens (tertiary/aromatic N) is 2. The average molecular weight is 299 g/mol. The zero-order valence-corrected chi connectivity index (χ0v) is 12.5. The second kappa shape index (κ2) is 6.51. The van der Waals surface area contributed by atoms with Crippen LogP contribution in [0.2, 0.25) is 0 Å². The van der Waals surface area contributed by atoms with E-state index in [1.54, 1.807) is 13.3 Å². The van der Waals surface area contributed by atoms with E-state index in [0.717, 1.165) is 31.4 Å². The third-order valence-corrected chi connectivity index (χ3v) is 4.44. The second-order valence-electron chi connectivity index (χ2n) is 5.12. The predicted molar refractivity (Wildman–Crippen MR) is 76.8 cm³/mol. The van der Waals surface area contributed by atoms with Crippen molar-refractivity contribution < 1.29 is 13.2 Å². The van der Waals surface area contributed by atoms with Crippen LogP contribution in [0.15, 0.2) is 18.3 Å². The molecule has 1 fully saturated rings. The van der Waals surface area contributed by atoms with Crippen molar-refractivity contribution in [3.05, 3.63) is 23.9 Å². The first-order valence-electron chi connectivity index (χ1n) is 6.72. The summed E-state index contributed by atoms with van der Waals surface area (Å²) in [6, 6.07) is 3.79. The number of piperidine rings is 1. The van der Waals surface area contributed by atoms with Crippen molar-refractivity contribution in [3.8, 4) is 5.88 Å².